The van der Waals surface area contributed by atoms with Gasteiger partial charge >= 0.3 is 5.97 Å². The van der Waals surface area contributed by atoms with E-state index < -0.39 is 5.97 Å². The summed E-state index contributed by atoms with van der Waals surface area (Å²) < 4.78 is 0. The van der Waals surface area contributed by atoms with Crippen molar-refractivity contribution < 1.29 is 9.90 Å². The molecule has 0 radical (unpaired) electrons. The molecule has 0 aliphatic heterocycles. The number of hydrogen-bond acceptors (Lipinski definition) is 3. The lowest BCUT2D eigenvalue weighted by molar-refractivity contribution is -0.136. The van der Waals surface area contributed by atoms with Gasteiger partial charge in [0.1, 0.15) is 5.01 Å². The Morgan fingerprint density at radius 3 is 2.67 bits per heavy atom. The molecular formula is C14H15NO2S. The molecule has 0 bridgehead atoms. The molecule has 1 aromatic carbocycles. The third kappa shape index (κ3) is 3.17. The van der Waals surface area contributed by atoms with Gasteiger partial charge in [-0.15, -0.1) is 11.3 Å². The number of aromatic nitrogens is 1. The Hall–Kier alpha value is -1.68. The van der Waals surface area contributed by atoms with Crippen molar-refractivity contribution >= 4 is 17.3 Å². The minimum absolute atomic E-state index is 0.00951. The highest BCUT2D eigenvalue weighted by atomic mass is 32.1. The predicted octanol–water partition coefficient (Wildman–Crippen LogP) is 3.39. The fourth-order valence-electron chi connectivity index (χ4n) is 1.78. The van der Waals surface area contributed by atoms with E-state index in [-0.39, 0.29) is 6.42 Å². The molecule has 4 heteroatoms. The van der Waals surface area contributed by atoms with Gasteiger partial charge in [-0.1, -0.05) is 37.6 Å². The SMILES string of the molecule is CCCc1ccc(-c2nc(CC(=O)O)cs2)cc1. The second kappa shape index (κ2) is 5.78. The molecule has 0 aliphatic rings. The van der Waals surface area contributed by atoms with Crippen LogP contribution < -0.4 is 0 Å². The number of carboxylic acids is 1. The summed E-state index contributed by atoms with van der Waals surface area (Å²) in [5.74, 6) is -0.842. The zero-order chi connectivity index (χ0) is 13.0. The van der Waals surface area contributed by atoms with Gasteiger partial charge in [-0.05, 0) is 12.0 Å². The van der Waals surface area contributed by atoms with E-state index in [2.05, 4.69) is 24.0 Å². The quantitative estimate of drug-likeness (QED) is 0.897. The molecule has 18 heavy (non-hydrogen) atoms. The molecule has 1 N–H and O–H groups in total. The molecule has 3 nitrogen and oxygen atoms in total. The summed E-state index contributed by atoms with van der Waals surface area (Å²) >= 11 is 1.49. The van der Waals surface area contributed by atoms with Crippen LogP contribution in [0.2, 0.25) is 0 Å². The zero-order valence-corrected chi connectivity index (χ0v) is 11.0. The molecule has 2 aromatic rings. The van der Waals surface area contributed by atoms with E-state index in [0.29, 0.717) is 5.69 Å². The summed E-state index contributed by atoms with van der Waals surface area (Å²) in [5, 5.41) is 11.4. The van der Waals surface area contributed by atoms with Gasteiger partial charge in [0.2, 0.25) is 0 Å². The molecule has 0 unspecified atom stereocenters. The van der Waals surface area contributed by atoms with Gasteiger partial charge in [0, 0.05) is 10.9 Å². The van der Waals surface area contributed by atoms with Crippen LogP contribution in [0.4, 0.5) is 0 Å². The molecule has 0 aliphatic carbocycles. The Labute approximate surface area is 110 Å². The molecule has 0 saturated heterocycles. The summed E-state index contributed by atoms with van der Waals surface area (Å²) in [6.07, 6.45) is 2.21. The molecule has 94 valence electrons. The Kier molecular flexibility index (Phi) is 4.10. The van der Waals surface area contributed by atoms with Gasteiger partial charge in [-0.2, -0.15) is 0 Å². The minimum atomic E-state index is -0.842. The minimum Gasteiger partial charge on any atom is -0.481 e. The van der Waals surface area contributed by atoms with Crippen LogP contribution in [-0.2, 0) is 17.6 Å². The summed E-state index contributed by atoms with van der Waals surface area (Å²) in [4.78, 5) is 14.9. The van der Waals surface area contributed by atoms with Gasteiger partial charge < -0.3 is 5.11 Å². The van der Waals surface area contributed by atoms with Crippen molar-refractivity contribution in [3.05, 3.63) is 40.9 Å². The number of thiazole rings is 1. The van der Waals surface area contributed by atoms with Crippen LogP contribution in [0.5, 0.6) is 0 Å². The first kappa shape index (κ1) is 12.8. The molecule has 0 atom stereocenters. The molecule has 2 rings (SSSR count). The van der Waals surface area contributed by atoms with Gasteiger partial charge in [-0.3, -0.25) is 4.79 Å². The van der Waals surface area contributed by atoms with Crippen molar-refractivity contribution in [2.45, 2.75) is 26.2 Å². The number of nitrogens with zero attached hydrogens (tertiary/aromatic N) is 1. The monoisotopic (exact) mass is 261 g/mol. The number of aryl methyl sites for hydroxylation is 1. The highest BCUT2D eigenvalue weighted by molar-refractivity contribution is 7.13. The number of benzene rings is 1. The van der Waals surface area contributed by atoms with Crippen molar-refractivity contribution in [3.8, 4) is 10.6 Å². The van der Waals surface area contributed by atoms with E-state index in [1.165, 1.54) is 16.9 Å². The second-order valence-electron chi connectivity index (χ2n) is 4.16. The average molecular weight is 261 g/mol. The Morgan fingerprint density at radius 2 is 2.06 bits per heavy atom. The highest BCUT2D eigenvalue weighted by Crippen LogP contribution is 2.24. The smallest absolute Gasteiger partial charge is 0.309 e. The standard InChI is InChI=1S/C14H15NO2S/c1-2-3-10-4-6-11(7-5-10)14-15-12(9-18-14)8-13(16)17/h4-7,9H,2-3,8H2,1H3,(H,16,17). The number of aliphatic carboxylic acids is 1. The van der Waals surface area contributed by atoms with Crippen LogP contribution in [0, 0.1) is 0 Å². The summed E-state index contributed by atoms with van der Waals surface area (Å²) in [5.41, 5.74) is 3.00. The van der Waals surface area contributed by atoms with Crippen molar-refractivity contribution in [2.24, 2.45) is 0 Å². The lowest BCUT2D eigenvalue weighted by Gasteiger charge is -2.00. The first-order valence-electron chi connectivity index (χ1n) is 5.94. The second-order valence-corrected chi connectivity index (χ2v) is 5.02. The molecule has 0 spiro atoms. The van der Waals surface area contributed by atoms with Crippen LogP contribution in [0.1, 0.15) is 24.6 Å². The van der Waals surface area contributed by atoms with Gasteiger partial charge in [-0.25, -0.2) is 4.98 Å². The van der Waals surface area contributed by atoms with E-state index in [4.69, 9.17) is 5.11 Å². The largest absolute Gasteiger partial charge is 0.481 e. The maximum Gasteiger partial charge on any atom is 0.309 e. The number of carboxylic acid groups (broad SMARTS) is 1. The van der Waals surface area contributed by atoms with E-state index in [1.807, 2.05) is 17.5 Å². The van der Waals surface area contributed by atoms with Gasteiger partial charge in [0.25, 0.3) is 0 Å². The normalized spacial score (nSPS) is 10.5. The average Bonchev–Trinajstić information content (AvgIpc) is 2.78. The predicted molar refractivity (Wildman–Crippen MR) is 72.9 cm³/mol. The van der Waals surface area contributed by atoms with Crippen LogP contribution in [0.15, 0.2) is 29.6 Å². The summed E-state index contributed by atoms with van der Waals surface area (Å²) in [6, 6.07) is 8.32. The molecule has 0 fully saturated rings. The van der Waals surface area contributed by atoms with Crippen molar-refractivity contribution in [2.75, 3.05) is 0 Å². The van der Waals surface area contributed by atoms with Crippen molar-refractivity contribution in [1.29, 1.82) is 0 Å². The third-order valence-corrected chi connectivity index (χ3v) is 3.56. The summed E-state index contributed by atoms with van der Waals surface area (Å²) in [7, 11) is 0. The fourth-order valence-corrected chi connectivity index (χ4v) is 2.60. The molecule has 1 heterocycles. The van der Waals surface area contributed by atoms with E-state index in [1.54, 1.807) is 0 Å². The Bertz CT molecular complexity index is 531. The van der Waals surface area contributed by atoms with Crippen LogP contribution in [0.25, 0.3) is 10.6 Å². The number of hydrogen-bond donors (Lipinski definition) is 1. The first-order valence-corrected chi connectivity index (χ1v) is 6.82. The van der Waals surface area contributed by atoms with Crippen molar-refractivity contribution in [1.82, 2.24) is 4.98 Å². The Morgan fingerprint density at radius 1 is 1.33 bits per heavy atom. The van der Waals surface area contributed by atoms with Crippen LogP contribution in [-0.4, -0.2) is 16.1 Å². The van der Waals surface area contributed by atoms with Gasteiger partial charge in [0.05, 0.1) is 12.1 Å². The Balaban J connectivity index is 2.15. The van der Waals surface area contributed by atoms with E-state index >= 15 is 0 Å². The van der Waals surface area contributed by atoms with Crippen LogP contribution >= 0.6 is 11.3 Å². The zero-order valence-electron chi connectivity index (χ0n) is 10.2. The molecule has 1 aromatic heterocycles. The lowest BCUT2D eigenvalue weighted by Crippen LogP contribution is -1.99. The van der Waals surface area contributed by atoms with Gasteiger partial charge in [0.15, 0.2) is 0 Å². The van der Waals surface area contributed by atoms with E-state index in [9.17, 15) is 4.79 Å². The van der Waals surface area contributed by atoms with E-state index in [0.717, 1.165) is 23.4 Å². The number of rotatable bonds is 5. The fraction of sp³-hybridized carbons (Fsp3) is 0.286. The molecular weight excluding hydrogens is 246 g/mol. The topological polar surface area (TPSA) is 50.2 Å². The maximum absolute atomic E-state index is 10.6. The molecule has 0 amide bonds. The molecule has 0 saturated carbocycles. The number of carbonyl (C=O) groups is 1. The van der Waals surface area contributed by atoms with Crippen molar-refractivity contribution in [3.63, 3.8) is 0 Å². The third-order valence-electron chi connectivity index (χ3n) is 2.62. The summed E-state index contributed by atoms with van der Waals surface area (Å²) in [6.45, 7) is 2.16. The first-order chi connectivity index (χ1) is 8.69. The highest BCUT2D eigenvalue weighted by Gasteiger charge is 2.07. The van der Waals surface area contributed by atoms with Crippen LogP contribution in [0.3, 0.4) is 0 Å². The maximum atomic E-state index is 10.6. The lowest BCUT2D eigenvalue weighted by atomic mass is 10.1.